The molecule has 26 heavy (non-hydrogen) atoms. The number of nitrogens with one attached hydrogen (secondary N) is 2. The number of esters is 1. The summed E-state index contributed by atoms with van der Waals surface area (Å²) in [6, 6.07) is 3.69. The van der Waals surface area contributed by atoms with Crippen LogP contribution >= 0.6 is 0 Å². The highest BCUT2D eigenvalue weighted by Crippen LogP contribution is 2.18. The zero-order chi connectivity index (χ0) is 18.9. The van der Waals surface area contributed by atoms with Gasteiger partial charge in [-0.2, -0.15) is 0 Å². The number of carbonyl (C=O) groups is 2. The molecule has 1 saturated heterocycles. The van der Waals surface area contributed by atoms with E-state index in [0.717, 1.165) is 37.5 Å². The quantitative estimate of drug-likeness (QED) is 0.464. The molecule has 0 radical (unpaired) electrons. The van der Waals surface area contributed by atoms with Crippen molar-refractivity contribution in [1.29, 1.82) is 0 Å². The first-order chi connectivity index (χ1) is 12.5. The van der Waals surface area contributed by atoms with E-state index in [1.807, 2.05) is 13.0 Å². The number of aryl methyl sites for hydroxylation is 1. The number of methoxy groups -OCH3 is 1. The molecule has 0 bridgehead atoms. The molecule has 0 aliphatic carbocycles. The van der Waals surface area contributed by atoms with Crippen molar-refractivity contribution in [1.82, 2.24) is 15.2 Å². The molecule has 1 fully saturated rings. The van der Waals surface area contributed by atoms with Crippen LogP contribution in [0.3, 0.4) is 0 Å². The fraction of sp³-hybridized carbons (Fsp3) is 0.556. The van der Waals surface area contributed by atoms with E-state index < -0.39 is 0 Å². The van der Waals surface area contributed by atoms with Crippen LogP contribution in [0.4, 0.5) is 5.82 Å². The average Bonchev–Trinajstić information content (AvgIpc) is 2.66. The summed E-state index contributed by atoms with van der Waals surface area (Å²) in [6.07, 6.45) is 3.51. The molecule has 1 aromatic heterocycles. The van der Waals surface area contributed by atoms with Crippen LogP contribution in [0, 0.1) is 12.8 Å². The summed E-state index contributed by atoms with van der Waals surface area (Å²) in [6.45, 7) is 3.89. The van der Waals surface area contributed by atoms with E-state index in [1.54, 1.807) is 19.3 Å². The maximum Gasteiger partial charge on any atom is 0.308 e. The molecule has 0 saturated carbocycles. The van der Waals surface area contributed by atoms with Crippen molar-refractivity contribution in [2.24, 2.45) is 10.9 Å². The Kier molecular flexibility index (Phi) is 7.37. The summed E-state index contributed by atoms with van der Waals surface area (Å²) in [7, 11) is 3.14. The van der Waals surface area contributed by atoms with Gasteiger partial charge >= 0.3 is 5.97 Å². The Morgan fingerprint density at radius 1 is 1.35 bits per heavy atom. The number of ether oxygens (including phenoxy) is 1. The molecule has 2 heterocycles. The standard InChI is InChI=1S/C18H27N5O3/c1-13-4-5-15(21-12-13)22-16(24)6-9-20-18(19-2)23-10-7-14(8-11-23)17(25)26-3/h4-5,12,14H,6-11H2,1-3H3,(H,19,20)(H,21,22,24). The second-order valence-corrected chi connectivity index (χ2v) is 6.28. The van der Waals surface area contributed by atoms with Crippen molar-refractivity contribution in [3.8, 4) is 0 Å². The Balaban J connectivity index is 1.73. The number of piperidine rings is 1. The van der Waals surface area contributed by atoms with Gasteiger partial charge in [0.15, 0.2) is 5.96 Å². The van der Waals surface area contributed by atoms with Gasteiger partial charge < -0.3 is 20.3 Å². The highest BCUT2D eigenvalue weighted by atomic mass is 16.5. The number of hydrogen-bond donors (Lipinski definition) is 2. The molecule has 1 amide bonds. The van der Waals surface area contributed by atoms with Crippen LogP contribution < -0.4 is 10.6 Å². The molecule has 1 aromatic rings. The van der Waals surface area contributed by atoms with Crippen molar-refractivity contribution in [3.05, 3.63) is 23.9 Å². The van der Waals surface area contributed by atoms with Crippen LogP contribution in [-0.4, -0.2) is 61.5 Å². The third-order valence-electron chi connectivity index (χ3n) is 4.35. The first kappa shape index (κ1) is 19.7. The number of carbonyl (C=O) groups excluding carboxylic acids is 2. The summed E-state index contributed by atoms with van der Waals surface area (Å²) in [5.74, 6) is 1.01. The number of aromatic nitrogens is 1. The fourth-order valence-electron chi connectivity index (χ4n) is 2.86. The molecular weight excluding hydrogens is 334 g/mol. The largest absolute Gasteiger partial charge is 0.469 e. The summed E-state index contributed by atoms with van der Waals surface area (Å²) < 4.78 is 4.81. The van der Waals surface area contributed by atoms with E-state index >= 15 is 0 Å². The number of pyridine rings is 1. The number of hydrogen-bond acceptors (Lipinski definition) is 5. The van der Waals surface area contributed by atoms with Gasteiger partial charge in [0.25, 0.3) is 0 Å². The SMILES string of the molecule is CN=C(NCCC(=O)Nc1ccc(C)cn1)N1CCC(C(=O)OC)CC1. The van der Waals surface area contributed by atoms with Gasteiger partial charge in [-0.1, -0.05) is 6.07 Å². The number of amides is 1. The number of likely N-dealkylation sites (tertiary alicyclic amines) is 1. The van der Waals surface area contributed by atoms with Crippen molar-refractivity contribution in [2.75, 3.05) is 39.1 Å². The van der Waals surface area contributed by atoms with Crippen LogP contribution in [-0.2, 0) is 14.3 Å². The third-order valence-corrected chi connectivity index (χ3v) is 4.35. The van der Waals surface area contributed by atoms with Gasteiger partial charge in [-0.3, -0.25) is 14.6 Å². The minimum absolute atomic E-state index is 0.0397. The first-order valence-electron chi connectivity index (χ1n) is 8.79. The van der Waals surface area contributed by atoms with Crippen LogP contribution in [0.2, 0.25) is 0 Å². The monoisotopic (exact) mass is 361 g/mol. The molecule has 0 atom stereocenters. The van der Waals surface area contributed by atoms with Crippen LogP contribution in [0.1, 0.15) is 24.8 Å². The van der Waals surface area contributed by atoms with E-state index in [2.05, 4.69) is 25.5 Å². The number of nitrogens with zero attached hydrogens (tertiary/aromatic N) is 3. The summed E-state index contributed by atoms with van der Waals surface area (Å²) in [4.78, 5) is 34.1. The van der Waals surface area contributed by atoms with E-state index in [4.69, 9.17) is 4.74 Å². The Morgan fingerprint density at radius 2 is 2.08 bits per heavy atom. The van der Waals surface area contributed by atoms with Gasteiger partial charge in [0.2, 0.25) is 5.91 Å². The topological polar surface area (TPSA) is 95.9 Å². The van der Waals surface area contributed by atoms with Gasteiger partial charge in [-0.25, -0.2) is 4.98 Å². The minimum atomic E-state index is -0.144. The van der Waals surface area contributed by atoms with E-state index in [1.165, 1.54) is 7.11 Å². The van der Waals surface area contributed by atoms with Crippen molar-refractivity contribution in [3.63, 3.8) is 0 Å². The highest BCUT2D eigenvalue weighted by molar-refractivity contribution is 5.90. The van der Waals surface area contributed by atoms with Crippen molar-refractivity contribution in [2.45, 2.75) is 26.2 Å². The Morgan fingerprint density at radius 3 is 2.65 bits per heavy atom. The van der Waals surface area contributed by atoms with Gasteiger partial charge in [0.1, 0.15) is 5.82 Å². The number of aliphatic imine (C=N–C) groups is 1. The Hall–Kier alpha value is -2.64. The molecular formula is C18H27N5O3. The number of rotatable bonds is 5. The predicted octanol–water partition coefficient (Wildman–Crippen LogP) is 1.18. The van der Waals surface area contributed by atoms with E-state index in [0.29, 0.717) is 18.8 Å². The van der Waals surface area contributed by atoms with Gasteiger partial charge in [0, 0.05) is 39.3 Å². The van der Waals surface area contributed by atoms with Crippen LogP contribution in [0.15, 0.2) is 23.3 Å². The Labute approximate surface area is 154 Å². The first-order valence-corrected chi connectivity index (χ1v) is 8.79. The molecule has 2 N–H and O–H groups in total. The maximum absolute atomic E-state index is 12.0. The molecule has 142 valence electrons. The zero-order valence-electron chi connectivity index (χ0n) is 15.6. The lowest BCUT2D eigenvalue weighted by Gasteiger charge is -2.33. The minimum Gasteiger partial charge on any atom is -0.469 e. The molecule has 0 unspecified atom stereocenters. The zero-order valence-corrected chi connectivity index (χ0v) is 15.6. The van der Waals surface area contributed by atoms with Crippen molar-refractivity contribution < 1.29 is 14.3 Å². The van der Waals surface area contributed by atoms with Gasteiger partial charge in [0.05, 0.1) is 13.0 Å². The Bertz CT molecular complexity index is 637. The third kappa shape index (κ3) is 5.72. The second kappa shape index (κ2) is 9.74. The fourth-order valence-corrected chi connectivity index (χ4v) is 2.86. The van der Waals surface area contributed by atoms with Gasteiger partial charge in [-0.15, -0.1) is 0 Å². The number of guanidine groups is 1. The molecule has 2 rings (SSSR count). The molecule has 0 spiro atoms. The lowest BCUT2D eigenvalue weighted by atomic mass is 9.97. The van der Waals surface area contributed by atoms with Crippen LogP contribution in [0.25, 0.3) is 0 Å². The van der Waals surface area contributed by atoms with Crippen molar-refractivity contribution >= 4 is 23.7 Å². The van der Waals surface area contributed by atoms with Crippen LogP contribution in [0.5, 0.6) is 0 Å². The van der Waals surface area contributed by atoms with E-state index in [-0.39, 0.29) is 17.8 Å². The summed E-state index contributed by atoms with van der Waals surface area (Å²) in [5, 5.41) is 5.97. The molecule has 8 heteroatoms. The molecule has 1 aliphatic rings. The predicted molar refractivity (Wildman–Crippen MR) is 99.9 cm³/mol. The van der Waals surface area contributed by atoms with Gasteiger partial charge in [-0.05, 0) is 31.4 Å². The summed E-state index contributed by atoms with van der Waals surface area (Å²) in [5.41, 5.74) is 1.05. The normalized spacial score (nSPS) is 15.5. The number of anilines is 1. The molecule has 1 aliphatic heterocycles. The lowest BCUT2D eigenvalue weighted by Crippen LogP contribution is -2.47. The molecule has 8 nitrogen and oxygen atoms in total. The summed E-state index contributed by atoms with van der Waals surface area (Å²) >= 11 is 0. The average molecular weight is 361 g/mol. The maximum atomic E-state index is 12.0. The van der Waals surface area contributed by atoms with E-state index in [9.17, 15) is 9.59 Å². The second-order valence-electron chi connectivity index (χ2n) is 6.28. The highest BCUT2D eigenvalue weighted by Gasteiger charge is 2.26. The molecule has 0 aromatic carbocycles. The lowest BCUT2D eigenvalue weighted by molar-refractivity contribution is -0.146. The smallest absolute Gasteiger partial charge is 0.308 e.